The van der Waals surface area contributed by atoms with Crippen LogP contribution < -0.4 is 10.5 Å². The Balaban J connectivity index is 0.00000306. The summed E-state index contributed by atoms with van der Waals surface area (Å²) in [5.74, 6) is 0.691. The predicted octanol–water partition coefficient (Wildman–Crippen LogP) is 3.15. The number of amides is 1. The summed E-state index contributed by atoms with van der Waals surface area (Å²) in [5.41, 5.74) is 6.63. The standard InChI is InChI=1S/C24H30N4O4.ClH/c1-30-20-8-9-22-18(13-20)5-2-6-21(22)19-15-31-24(32-16-19)7-3-11-27(14-23(25)29)17-28-12-4-10-26-28;/h2,4-6,8-10,12-13,19,24H,3,7,11,14-17H2,1H3,(H2,25,29);1H. The fraction of sp³-hybridized carbons (Fsp3) is 0.417. The van der Waals surface area contributed by atoms with Crippen molar-refractivity contribution >= 4 is 29.1 Å². The van der Waals surface area contributed by atoms with E-state index in [1.54, 1.807) is 18.0 Å². The topological polar surface area (TPSA) is 91.8 Å². The van der Waals surface area contributed by atoms with E-state index in [2.05, 4.69) is 29.4 Å². The van der Waals surface area contributed by atoms with Gasteiger partial charge < -0.3 is 19.9 Å². The normalized spacial score (nSPS) is 18.2. The van der Waals surface area contributed by atoms with E-state index in [9.17, 15) is 4.79 Å². The number of ether oxygens (including phenoxy) is 3. The van der Waals surface area contributed by atoms with Gasteiger partial charge >= 0.3 is 0 Å². The summed E-state index contributed by atoms with van der Waals surface area (Å²) < 4.78 is 19.2. The van der Waals surface area contributed by atoms with Crippen LogP contribution in [-0.2, 0) is 20.9 Å². The molecule has 1 amide bonds. The molecule has 4 rings (SSSR count). The fourth-order valence-electron chi connectivity index (χ4n) is 4.15. The molecule has 9 heteroatoms. The van der Waals surface area contributed by atoms with Gasteiger partial charge in [-0.2, -0.15) is 5.10 Å². The number of nitrogens with two attached hydrogens (primary N) is 1. The molecule has 0 bridgehead atoms. The third kappa shape index (κ3) is 6.68. The first kappa shape index (κ1) is 25.0. The van der Waals surface area contributed by atoms with Gasteiger partial charge in [0.2, 0.25) is 5.91 Å². The van der Waals surface area contributed by atoms with E-state index in [1.807, 2.05) is 29.3 Å². The molecule has 0 saturated carbocycles. The second-order valence-corrected chi connectivity index (χ2v) is 8.08. The first-order chi connectivity index (χ1) is 15.6. The van der Waals surface area contributed by atoms with Gasteiger partial charge in [0.25, 0.3) is 0 Å². The molecule has 2 heterocycles. The number of methoxy groups -OCH3 is 1. The Morgan fingerprint density at radius 2 is 2.06 bits per heavy atom. The maximum atomic E-state index is 11.4. The van der Waals surface area contributed by atoms with E-state index in [4.69, 9.17) is 19.9 Å². The second kappa shape index (κ2) is 12.0. The number of nitrogens with zero attached hydrogens (tertiary/aromatic N) is 3. The molecule has 33 heavy (non-hydrogen) atoms. The van der Waals surface area contributed by atoms with Crippen LogP contribution in [0.5, 0.6) is 5.75 Å². The van der Waals surface area contributed by atoms with E-state index in [-0.39, 0.29) is 37.1 Å². The van der Waals surface area contributed by atoms with Crippen LogP contribution in [0.1, 0.15) is 24.3 Å². The van der Waals surface area contributed by atoms with Crippen molar-refractivity contribution in [1.29, 1.82) is 0 Å². The molecule has 0 radical (unpaired) electrons. The zero-order chi connectivity index (χ0) is 22.3. The zero-order valence-corrected chi connectivity index (χ0v) is 19.6. The largest absolute Gasteiger partial charge is 0.497 e. The van der Waals surface area contributed by atoms with Crippen molar-refractivity contribution in [3.8, 4) is 5.75 Å². The van der Waals surface area contributed by atoms with Crippen LogP contribution >= 0.6 is 12.4 Å². The number of primary amides is 1. The molecule has 0 aliphatic carbocycles. The van der Waals surface area contributed by atoms with E-state index in [0.29, 0.717) is 26.4 Å². The van der Waals surface area contributed by atoms with Crippen molar-refractivity contribution in [2.75, 3.05) is 33.4 Å². The SMILES string of the molecule is COc1ccc2c(C3COC(CCCN(CC(N)=O)Cn4cccn4)OC3)cccc2c1.Cl. The summed E-state index contributed by atoms with van der Waals surface area (Å²) in [5, 5.41) is 6.54. The lowest BCUT2D eigenvalue weighted by atomic mass is 9.94. The lowest BCUT2D eigenvalue weighted by molar-refractivity contribution is -0.190. The maximum Gasteiger partial charge on any atom is 0.231 e. The molecular formula is C24H31ClN4O4. The van der Waals surface area contributed by atoms with Gasteiger partial charge in [0, 0.05) is 24.9 Å². The molecule has 1 saturated heterocycles. The average molecular weight is 475 g/mol. The molecule has 1 aliphatic rings. The highest BCUT2D eigenvalue weighted by atomic mass is 35.5. The van der Waals surface area contributed by atoms with E-state index >= 15 is 0 Å². The van der Waals surface area contributed by atoms with Gasteiger partial charge in [-0.3, -0.25) is 14.4 Å². The lowest BCUT2D eigenvalue weighted by Gasteiger charge is -2.31. The van der Waals surface area contributed by atoms with Crippen molar-refractivity contribution in [3.05, 3.63) is 60.4 Å². The van der Waals surface area contributed by atoms with Gasteiger partial charge in [0.05, 0.1) is 33.5 Å². The summed E-state index contributed by atoms with van der Waals surface area (Å²) in [6.45, 7) is 2.67. The molecule has 0 spiro atoms. The van der Waals surface area contributed by atoms with Crippen molar-refractivity contribution in [2.45, 2.75) is 31.7 Å². The van der Waals surface area contributed by atoms with E-state index in [0.717, 1.165) is 24.0 Å². The highest BCUT2D eigenvalue weighted by Crippen LogP contribution is 2.31. The highest BCUT2D eigenvalue weighted by molar-refractivity contribution is 5.87. The van der Waals surface area contributed by atoms with Crippen LogP contribution in [-0.4, -0.2) is 60.3 Å². The van der Waals surface area contributed by atoms with Crippen LogP contribution in [0.25, 0.3) is 10.8 Å². The smallest absolute Gasteiger partial charge is 0.231 e. The highest BCUT2D eigenvalue weighted by Gasteiger charge is 2.25. The van der Waals surface area contributed by atoms with Crippen molar-refractivity contribution < 1.29 is 19.0 Å². The molecule has 1 aromatic heterocycles. The maximum absolute atomic E-state index is 11.4. The number of benzene rings is 2. The molecule has 0 unspecified atom stereocenters. The number of fused-ring (bicyclic) bond motifs is 1. The molecule has 3 aromatic rings. The Hall–Kier alpha value is -2.65. The number of aromatic nitrogens is 2. The van der Waals surface area contributed by atoms with Crippen LogP contribution in [0.15, 0.2) is 54.9 Å². The van der Waals surface area contributed by atoms with Crippen LogP contribution in [0.3, 0.4) is 0 Å². The molecule has 1 aliphatic heterocycles. The first-order valence-electron chi connectivity index (χ1n) is 10.9. The molecule has 8 nitrogen and oxygen atoms in total. The lowest BCUT2D eigenvalue weighted by Crippen LogP contribution is -2.37. The number of carbonyl (C=O) groups is 1. The minimum absolute atomic E-state index is 0. The van der Waals surface area contributed by atoms with Gasteiger partial charge in [0.1, 0.15) is 5.75 Å². The van der Waals surface area contributed by atoms with Gasteiger partial charge in [-0.15, -0.1) is 12.4 Å². The summed E-state index contributed by atoms with van der Waals surface area (Å²) in [6, 6.07) is 14.3. The number of carbonyl (C=O) groups excluding carboxylic acids is 1. The minimum atomic E-state index is -0.349. The monoisotopic (exact) mass is 474 g/mol. The van der Waals surface area contributed by atoms with E-state index in [1.165, 1.54) is 10.9 Å². The quantitative estimate of drug-likeness (QED) is 0.485. The Labute approximate surface area is 200 Å². The Kier molecular flexibility index (Phi) is 9.08. The van der Waals surface area contributed by atoms with Crippen LogP contribution in [0, 0.1) is 0 Å². The second-order valence-electron chi connectivity index (χ2n) is 8.08. The molecule has 2 N–H and O–H groups in total. The third-order valence-corrected chi connectivity index (χ3v) is 5.73. The third-order valence-electron chi connectivity index (χ3n) is 5.73. The summed E-state index contributed by atoms with van der Waals surface area (Å²) in [4.78, 5) is 13.4. The van der Waals surface area contributed by atoms with Crippen LogP contribution in [0.4, 0.5) is 0 Å². The van der Waals surface area contributed by atoms with Crippen molar-refractivity contribution in [1.82, 2.24) is 14.7 Å². The van der Waals surface area contributed by atoms with Crippen LogP contribution in [0.2, 0.25) is 0 Å². The number of rotatable bonds is 10. The summed E-state index contributed by atoms with van der Waals surface area (Å²) in [6.07, 6.45) is 4.94. The Morgan fingerprint density at radius 1 is 1.24 bits per heavy atom. The molecule has 2 aromatic carbocycles. The molecule has 1 fully saturated rings. The zero-order valence-electron chi connectivity index (χ0n) is 18.8. The minimum Gasteiger partial charge on any atom is -0.497 e. The molecule has 0 atom stereocenters. The van der Waals surface area contributed by atoms with Gasteiger partial charge in [-0.25, -0.2) is 0 Å². The number of halogens is 1. The van der Waals surface area contributed by atoms with Gasteiger partial charge in [-0.05, 0) is 47.4 Å². The van der Waals surface area contributed by atoms with Gasteiger partial charge in [-0.1, -0.05) is 24.3 Å². The summed E-state index contributed by atoms with van der Waals surface area (Å²) in [7, 11) is 1.68. The Morgan fingerprint density at radius 3 is 2.76 bits per heavy atom. The molecule has 178 valence electrons. The average Bonchev–Trinajstić information content (AvgIpc) is 3.31. The van der Waals surface area contributed by atoms with Crippen molar-refractivity contribution in [2.24, 2.45) is 5.73 Å². The predicted molar refractivity (Wildman–Crippen MR) is 128 cm³/mol. The van der Waals surface area contributed by atoms with Gasteiger partial charge in [0.15, 0.2) is 6.29 Å². The summed E-state index contributed by atoms with van der Waals surface area (Å²) >= 11 is 0. The molecular weight excluding hydrogens is 444 g/mol. The first-order valence-corrected chi connectivity index (χ1v) is 10.9. The fourth-order valence-corrected chi connectivity index (χ4v) is 4.15. The Bertz CT molecular complexity index is 1020. The van der Waals surface area contributed by atoms with E-state index < -0.39 is 0 Å². The van der Waals surface area contributed by atoms with Crippen molar-refractivity contribution in [3.63, 3.8) is 0 Å². The number of hydrogen-bond acceptors (Lipinski definition) is 6. The number of hydrogen-bond donors (Lipinski definition) is 1.